The third kappa shape index (κ3) is 5.06. The molecule has 0 amide bonds. The average Bonchev–Trinajstić information content (AvgIpc) is 4.01. The van der Waals surface area contributed by atoms with Crippen molar-refractivity contribution in [3.63, 3.8) is 0 Å². The van der Waals surface area contributed by atoms with Gasteiger partial charge in [-0.1, -0.05) is 218 Å². The molecule has 2 heteroatoms. The van der Waals surface area contributed by atoms with Crippen LogP contribution in [0.5, 0.6) is 0 Å². The maximum Gasteiger partial charge on any atom is 0.0714 e. The summed E-state index contributed by atoms with van der Waals surface area (Å²) in [6, 6.07) is 92.8. The van der Waals surface area contributed by atoms with Gasteiger partial charge in [-0.15, -0.1) is 11.3 Å². The highest BCUT2D eigenvalue weighted by atomic mass is 32.1. The van der Waals surface area contributed by atoms with Crippen molar-refractivity contribution in [3.8, 4) is 22.3 Å². The Bertz CT molecular complexity index is 3470. The maximum absolute atomic E-state index is 2.59. The molecule has 0 radical (unpaired) electrons. The Morgan fingerprint density at radius 3 is 1.41 bits per heavy atom. The van der Waals surface area contributed by atoms with Gasteiger partial charge in [-0.05, 0) is 91.5 Å². The lowest BCUT2D eigenvalue weighted by atomic mass is 9.67. The van der Waals surface area contributed by atoms with Crippen LogP contribution in [-0.2, 0) is 10.8 Å². The van der Waals surface area contributed by atoms with Crippen LogP contribution in [0.2, 0.25) is 0 Å². The Hall–Kier alpha value is -7.78. The summed E-state index contributed by atoms with van der Waals surface area (Å²) in [6.07, 6.45) is 0. The lowest BCUT2D eigenvalue weighted by molar-refractivity contribution is 0.768. The van der Waals surface area contributed by atoms with Gasteiger partial charge < -0.3 is 4.90 Å². The second kappa shape index (κ2) is 14.4. The molecule has 13 rings (SSSR count). The molecule has 0 bridgehead atoms. The van der Waals surface area contributed by atoms with Crippen LogP contribution in [0.25, 0.3) is 42.4 Å². The van der Waals surface area contributed by atoms with E-state index in [1.165, 1.54) is 92.6 Å². The summed E-state index contributed by atoms with van der Waals surface area (Å²) < 4.78 is 2.56. The lowest BCUT2D eigenvalue weighted by Gasteiger charge is -2.35. The summed E-state index contributed by atoms with van der Waals surface area (Å²) in [4.78, 5) is 2.59. The number of hydrogen-bond donors (Lipinski definition) is 0. The molecule has 0 spiro atoms. The zero-order chi connectivity index (χ0) is 42.2. The van der Waals surface area contributed by atoms with E-state index in [1.807, 2.05) is 11.3 Å². The minimum atomic E-state index is -0.541. The van der Waals surface area contributed by atoms with Crippen molar-refractivity contribution in [2.24, 2.45) is 0 Å². The van der Waals surface area contributed by atoms with Crippen molar-refractivity contribution in [1.29, 1.82) is 0 Å². The third-order valence-electron chi connectivity index (χ3n) is 14.0. The SMILES string of the molecule is c1ccc(C2(c3ccccc3)c3ccccc3-c3ccc(N(c4cccc5c4-c4ccccc4C5(c4ccccc4)c4ccccc4)c4cccc5c4sc4ccccc45)cc32)cc1. The van der Waals surface area contributed by atoms with Gasteiger partial charge in [-0.25, -0.2) is 0 Å². The predicted octanol–water partition coefficient (Wildman–Crippen LogP) is 16.3. The van der Waals surface area contributed by atoms with Crippen LogP contribution in [-0.4, -0.2) is 0 Å². The van der Waals surface area contributed by atoms with E-state index in [-0.39, 0.29) is 0 Å². The number of fused-ring (bicyclic) bond motifs is 9. The Morgan fingerprint density at radius 1 is 0.312 bits per heavy atom. The number of rotatable bonds is 7. The Labute approximate surface area is 377 Å². The first-order chi connectivity index (χ1) is 31.8. The van der Waals surface area contributed by atoms with Crippen LogP contribution in [0, 0.1) is 0 Å². The van der Waals surface area contributed by atoms with E-state index in [9.17, 15) is 0 Å². The fraction of sp³-hybridized carbons (Fsp3) is 0.0323. The van der Waals surface area contributed by atoms with Gasteiger partial charge in [0, 0.05) is 26.7 Å². The molecule has 300 valence electrons. The fourth-order valence-corrected chi connectivity index (χ4v) is 12.8. The molecule has 1 heterocycles. The van der Waals surface area contributed by atoms with Crippen LogP contribution >= 0.6 is 11.3 Å². The van der Waals surface area contributed by atoms with Crippen LogP contribution < -0.4 is 4.90 Å². The molecule has 0 aliphatic heterocycles. The molecule has 64 heavy (non-hydrogen) atoms. The van der Waals surface area contributed by atoms with E-state index < -0.39 is 10.8 Å². The summed E-state index contributed by atoms with van der Waals surface area (Å²) in [7, 11) is 0. The summed E-state index contributed by atoms with van der Waals surface area (Å²) in [5.74, 6) is 0. The van der Waals surface area contributed by atoms with Gasteiger partial charge in [0.15, 0.2) is 0 Å². The summed E-state index contributed by atoms with van der Waals surface area (Å²) in [5.41, 5.74) is 17.6. The van der Waals surface area contributed by atoms with Gasteiger partial charge in [-0.2, -0.15) is 0 Å². The fourth-order valence-electron chi connectivity index (χ4n) is 11.5. The molecule has 0 N–H and O–H groups in total. The van der Waals surface area contributed by atoms with Crippen LogP contribution in [0.15, 0.2) is 249 Å². The standard InChI is InChI=1S/C62H41NS/c1-5-21-42(22-6-1)61(43-23-7-2-8-24-43)53-34-17-14-31-51(53)59-54(61)35-20-36-56(59)63(57-37-19-32-50-49-30-15-18-38-58(49)64-60(50)57)46-39-40-48-47-29-13-16-33-52(47)62(55(48)41-46,44-25-9-3-10-26-44)45-27-11-4-12-28-45/h1-41H. The van der Waals surface area contributed by atoms with E-state index in [0.29, 0.717) is 0 Å². The molecule has 0 saturated heterocycles. The molecular weight excluding hydrogens is 791 g/mol. The molecule has 1 aromatic heterocycles. The normalized spacial score (nSPS) is 13.9. The lowest BCUT2D eigenvalue weighted by Crippen LogP contribution is -2.29. The molecule has 10 aromatic carbocycles. The van der Waals surface area contributed by atoms with Crippen LogP contribution in [0.3, 0.4) is 0 Å². The van der Waals surface area contributed by atoms with Crippen molar-refractivity contribution in [2.75, 3.05) is 4.90 Å². The van der Waals surface area contributed by atoms with E-state index >= 15 is 0 Å². The molecule has 0 fully saturated rings. The van der Waals surface area contributed by atoms with Gasteiger partial charge in [-0.3, -0.25) is 0 Å². The van der Waals surface area contributed by atoms with E-state index in [0.717, 1.165) is 11.4 Å². The van der Waals surface area contributed by atoms with E-state index in [1.54, 1.807) is 0 Å². The summed E-state index contributed by atoms with van der Waals surface area (Å²) in [6.45, 7) is 0. The monoisotopic (exact) mass is 831 g/mol. The highest BCUT2D eigenvalue weighted by Crippen LogP contribution is 2.61. The second-order valence-electron chi connectivity index (χ2n) is 17.1. The van der Waals surface area contributed by atoms with Gasteiger partial charge in [0.1, 0.15) is 0 Å². The largest absolute Gasteiger partial charge is 0.308 e. The van der Waals surface area contributed by atoms with Crippen LogP contribution in [0.4, 0.5) is 17.1 Å². The first kappa shape index (κ1) is 36.8. The smallest absolute Gasteiger partial charge is 0.0714 e. The van der Waals surface area contributed by atoms with Crippen molar-refractivity contribution in [3.05, 3.63) is 293 Å². The summed E-state index contributed by atoms with van der Waals surface area (Å²) >= 11 is 1.89. The zero-order valence-corrected chi connectivity index (χ0v) is 35.8. The van der Waals surface area contributed by atoms with E-state index in [2.05, 4.69) is 254 Å². The van der Waals surface area contributed by atoms with Gasteiger partial charge in [0.2, 0.25) is 0 Å². The zero-order valence-electron chi connectivity index (χ0n) is 35.0. The molecule has 2 aliphatic rings. The van der Waals surface area contributed by atoms with E-state index in [4.69, 9.17) is 0 Å². The number of thiophene rings is 1. The maximum atomic E-state index is 2.59. The van der Waals surface area contributed by atoms with Gasteiger partial charge >= 0.3 is 0 Å². The first-order valence-electron chi connectivity index (χ1n) is 22.2. The predicted molar refractivity (Wildman–Crippen MR) is 269 cm³/mol. The molecule has 11 aromatic rings. The Morgan fingerprint density at radius 2 is 0.766 bits per heavy atom. The number of anilines is 3. The topological polar surface area (TPSA) is 3.24 Å². The average molecular weight is 832 g/mol. The summed E-state index contributed by atoms with van der Waals surface area (Å²) in [5, 5.41) is 2.56. The van der Waals surface area contributed by atoms with Crippen LogP contribution in [0.1, 0.15) is 44.5 Å². The number of hydrogen-bond acceptors (Lipinski definition) is 2. The highest BCUT2D eigenvalue weighted by molar-refractivity contribution is 7.26. The molecule has 2 aliphatic carbocycles. The minimum Gasteiger partial charge on any atom is -0.308 e. The van der Waals surface area contributed by atoms with Gasteiger partial charge in [0.05, 0.1) is 26.9 Å². The Kier molecular flexibility index (Phi) is 8.28. The number of benzene rings is 10. The molecule has 0 atom stereocenters. The first-order valence-corrected chi connectivity index (χ1v) is 23.0. The molecule has 0 saturated carbocycles. The van der Waals surface area contributed by atoms with Crippen molar-refractivity contribution in [1.82, 2.24) is 0 Å². The molecule has 0 unspecified atom stereocenters. The molecular formula is C62H41NS. The van der Waals surface area contributed by atoms with Gasteiger partial charge in [0.25, 0.3) is 0 Å². The van der Waals surface area contributed by atoms with Crippen molar-refractivity contribution in [2.45, 2.75) is 10.8 Å². The van der Waals surface area contributed by atoms with Crippen molar-refractivity contribution >= 4 is 48.6 Å². The quantitative estimate of drug-likeness (QED) is 0.155. The highest BCUT2D eigenvalue weighted by Gasteiger charge is 2.49. The number of nitrogens with zero attached hydrogens (tertiary/aromatic N) is 1. The second-order valence-corrected chi connectivity index (χ2v) is 18.1. The van der Waals surface area contributed by atoms with Crippen molar-refractivity contribution < 1.29 is 0 Å². The Balaban J connectivity index is 1.15. The minimum absolute atomic E-state index is 0.533. The molecule has 1 nitrogen and oxygen atoms in total. The third-order valence-corrected chi connectivity index (χ3v) is 15.2.